The van der Waals surface area contributed by atoms with Crippen molar-refractivity contribution in [1.82, 2.24) is 4.98 Å². The molecule has 0 amide bonds. The molecule has 1 aromatic carbocycles. The van der Waals surface area contributed by atoms with Crippen LogP contribution in [0.15, 0.2) is 36.5 Å². The molecule has 2 aromatic rings. The number of hydrogen-bond acceptors (Lipinski definition) is 3. The van der Waals surface area contributed by atoms with Gasteiger partial charge in [-0.25, -0.2) is 8.78 Å². The summed E-state index contributed by atoms with van der Waals surface area (Å²) in [6, 6.07) is 6.69. The fourth-order valence-electron chi connectivity index (χ4n) is 1.56. The minimum atomic E-state index is -0.949. The first-order valence-corrected chi connectivity index (χ1v) is 5.94. The van der Waals surface area contributed by atoms with E-state index in [1.165, 1.54) is 12.3 Å². The maximum atomic E-state index is 13.0. The van der Waals surface area contributed by atoms with Crippen molar-refractivity contribution in [2.45, 2.75) is 19.4 Å². The minimum Gasteiger partial charge on any atom is -0.456 e. The lowest BCUT2D eigenvalue weighted by Gasteiger charge is -2.09. The molecule has 0 spiro atoms. The van der Waals surface area contributed by atoms with E-state index in [2.05, 4.69) is 4.98 Å². The van der Waals surface area contributed by atoms with Crippen LogP contribution in [0.1, 0.15) is 25.1 Å². The number of halogens is 2. The first-order valence-electron chi connectivity index (χ1n) is 5.94. The molecule has 2 rings (SSSR count). The Bertz CT molecular complexity index is 558. The molecule has 19 heavy (non-hydrogen) atoms. The van der Waals surface area contributed by atoms with E-state index < -0.39 is 11.6 Å². The van der Waals surface area contributed by atoms with E-state index in [0.29, 0.717) is 5.75 Å². The summed E-state index contributed by atoms with van der Waals surface area (Å²) in [5.41, 5.74) is 6.60. The van der Waals surface area contributed by atoms with Crippen LogP contribution in [-0.4, -0.2) is 4.98 Å². The molecule has 0 saturated heterocycles. The van der Waals surface area contributed by atoms with Gasteiger partial charge in [-0.15, -0.1) is 0 Å². The van der Waals surface area contributed by atoms with Gasteiger partial charge in [0.25, 0.3) is 0 Å². The van der Waals surface area contributed by atoms with Crippen LogP contribution in [0, 0.1) is 11.6 Å². The molecule has 1 atom stereocenters. The highest BCUT2D eigenvalue weighted by atomic mass is 19.2. The third-order valence-corrected chi connectivity index (χ3v) is 2.71. The van der Waals surface area contributed by atoms with Gasteiger partial charge in [-0.1, -0.05) is 6.92 Å². The van der Waals surface area contributed by atoms with E-state index in [4.69, 9.17) is 10.5 Å². The Morgan fingerprint density at radius 1 is 1.16 bits per heavy atom. The highest BCUT2D eigenvalue weighted by Crippen LogP contribution is 2.23. The van der Waals surface area contributed by atoms with Crippen molar-refractivity contribution in [3.8, 4) is 11.5 Å². The lowest BCUT2D eigenvalue weighted by molar-refractivity contribution is 0.459. The molecule has 5 heteroatoms. The molecule has 0 aliphatic heterocycles. The molecule has 1 heterocycles. The number of aromatic nitrogens is 1. The normalized spacial score (nSPS) is 12.2. The zero-order valence-electron chi connectivity index (χ0n) is 10.4. The minimum absolute atomic E-state index is 0.114. The van der Waals surface area contributed by atoms with Crippen LogP contribution in [0.3, 0.4) is 0 Å². The van der Waals surface area contributed by atoms with Gasteiger partial charge in [-0.3, -0.25) is 4.98 Å². The summed E-state index contributed by atoms with van der Waals surface area (Å²) in [5, 5.41) is 0. The Labute approximate surface area is 110 Å². The van der Waals surface area contributed by atoms with Crippen LogP contribution in [0.4, 0.5) is 8.78 Å². The van der Waals surface area contributed by atoms with Gasteiger partial charge in [0.1, 0.15) is 11.5 Å². The number of nitrogens with two attached hydrogens (primary N) is 1. The second-order valence-corrected chi connectivity index (χ2v) is 4.11. The van der Waals surface area contributed by atoms with Gasteiger partial charge in [0.2, 0.25) is 0 Å². The molecule has 0 radical (unpaired) electrons. The van der Waals surface area contributed by atoms with E-state index >= 15 is 0 Å². The summed E-state index contributed by atoms with van der Waals surface area (Å²) in [6.45, 7) is 1.97. The average Bonchev–Trinajstić information content (AvgIpc) is 2.43. The lowest BCUT2D eigenvalue weighted by Crippen LogP contribution is -2.10. The zero-order valence-corrected chi connectivity index (χ0v) is 10.4. The maximum absolute atomic E-state index is 13.0. The van der Waals surface area contributed by atoms with Gasteiger partial charge >= 0.3 is 0 Å². The van der Waals surface area contributed by atoms with Crippen molar-refractivity contribution >= 4 is 0 Å². The number of benzene rings is 1. The smallest absolute Gasteiger partial charge is 0.162 e. The van der Waals surface area contributed by atoms with Crippen LogP contribution in [0.25, 0.3) is 0 Å². The SMILES string of the molecule is CC[C@@H](N)c1ccc(Oc2ccc(F)c(F)c2)cn1. The molecule has 0 unspecified atom stereocenters. The number of ether oxygens (including phenoxy) is 1. The van der Waals surface area contributed by atoms with Crippen molar-refractivity contribution in [2.24, 2.45) is 5.73 Å². The molecular weight excluding hydrogens is 250 g/mol. The summed E-state index contributed by atoms with van der Waals surface area (Å²) < 4.78 is 31.1. The second kappa shape index (κ2) is 5.75. The average molecular weight is 264 g/mol. The predicted molar refractivity (Wildman–Crippen MR) is 67.9 cm³/mol. The summed E-state index contributed by atoms with van der Waals surface area (Å²) >= 11 is 0. The number of nitrogens with zero attached hydrogens (tertiary/aromatic N) is 1. The fourth-order valence-corrected chi connectivity index (χ4v) is 1.56. The Hall–Kier alpha value is -2.01. The first-order chi connectivity index (χ1) is 9.10. The Morgan fingerprint density at radius 2 is 1.89 bits per heavy atom. The molecule has 2 N–H and O–H groups in total. The highest BCUT2D eigenvalue weighted by molar-refractivity contribution is 5.31. The van der Waals surface area contributed by atoms with Crippen LogP contribution in [-0.2, 0) is 0 Å². The topological polar surface area (TPSA) is 48.1 Å². The quantitative estimate of drug-likeness (QED) is 0.918. The summed E-state index contributed by atoms with van der Waals surface area (Å²) in [4.78, 5) is 4.17. The van der Waals surface area contributed by atoms with Gasteiger partial charge in [-0.05, 0) is 30.7 Å². The third-order valence-electron chi connectivity index (χ3n) is 2.71. The highest BCUT2D eigenvalue weighted by Gasteiger charge is 2.07. The number of pyridine rings is 1. The summed E-state index contributed by atoms with van der Waals surface area (Å²) in [6.07, 6.45) is 2.29. The largest absolute Gasteiger partial charge is 0.456 e. The Balaban J connectivity index is 2.12. The van der Waals surface area contributed by atoms with E-state index in [-0.39, 0.29) is 11.8 Å². The monoisotopic (exact) mass is 264 g/mol. The van der Waals surface area contributed by atoms with Gasteiger partial charge in [0.15, 0.2) is 11.6 Å². The molecule has 0 aliphatic rings. The van der Waals surface area contributed by atoms with Gasteiger partial charge in [-0.2, -0.15) is 0 Å². The molecule has 0 fully saturated rings. The molecule has 3 nitrogen and oxygen atoms in total. The van der Waals surface area contributed by atoms with Crippen molar-refractivity contribution < 1.29 is 13.5 Å². The van der Waals surface area contributed by atoms with Gasteiger partial charge in [0, 0.05) is 12.1 Å². The van der Waals surface area contributed by atoms with E-state index in [1.54, 1.807) is 12.1 Å². The molecule has 0 aliphatic carbocycles. The third kappa shape index (κ3) is 3.26. The van der Waals surface area contributed by atoms with Gasteiger partial charge in [0.05, 0.1) is 11.9 Å². The summed E-state index contributed by atoms with van der Waals surface area (Å²) in [7, 11) is 0. The first kappa shape index (κ1) is 13.4. The van der Waals surface area contributed by atoms with Crippen LogP contribution < -0.4 is 10.5 Å². The standard InChI is InChI=1S/C14H14F2N2O/c1-2-13(17)14-6-4-10(8-18-14)19-9-3-5-11(15)12(16)7-9/h3-8,13H,2,17H2,1H3/t13-/m1/s1. The van der Waals surface area contributed by atoms with Crippen LogP contribution >= 0.6 is 0 Å². The zero-order chi connectivity index (χ0) is 13.8. The Kier molecular flexibility index (Phi) is 4.06. The number of hydrogen-bond donors (Lipinski definition) is 1. The molecule has 100 valence electrons. The number of rotatable bonds is 4. The van der Waals surface area contributed by atoms with Crippen molar-refractivity contribution in [1.29, 1.82) is 0 Å². The fraction of sp³-hybridized carbons (Fsp3) is 0.214. The van der Waals surface area contributed by atoms with E-state index in [9.17, 15) is 8.78 Å². The van der Waals surface area contributed by atoms with Gasteiger partial charge < -0.3 is 10.5 Å². The van der Waals surface area contributed by atoms with Crippen molar-refractivity contribution in [3.05, 3.63) is 53.9 Å². The Morgan fingerprint density at radius 3 is 2.47 bits per heavy atom. The second-order valence-electron chi connectivity index (χ2n) is 4.11. The predicted octanol–water partition coefficient (Wildman–Crippen LogP) is 3.56. The lowest BCUT2D eigenvalue weighted by atomic mass is 10.1. The summed E-state index contributed by atoms with van der Waals surface area (Å²) in [5.74, 6) is -1.20. The molecular formula is C14H14F2N2O. The molecule has 0 saturated carbocycles. The van der Waals surface area contributed by atoms with E-state index in [1.807, 2.05) is 6.92 Å². The maximum Gasteiger partial charge on any atom is 0.162 e. The molecule has 1 aromatic heterocycles. The molecule has 0 bridgehead atoms. The van der Waals surface area contributed by atoms with Crippen molar-refractivity contribution in [3.63, 3.8) is 0 Å². The van der Waals surface area contributed by atoms with E-state index in [0.717, 1.165) is 24.2 Å². The van der Waals surface area contributed by atoms with Crippen LogP contribution in [0.5, 0.6) is 11.5 Å². The van der Waals surface area contributed by atoms with Crippen molar-refractivity contribution in [2.75, 3.05) is 0 Å². The van der Waals surface area contributed by atoms with Crippen LogP contribution in [0.2, 0.25) is 0 Å².